The van der Waals surface area contributed by atoms with Crippen molar-refractivity contribution in [2.75, 3.05) is 17.4 Å². The minimum absolute atomic E-state index is 0.0531. The fraction of sp³-hybridized carbons (Fsp3) is 0.297. The number of hydrogen-bond acceptors (Lipinski definition) is 4. The minimum atomic E-state index is -4.16. The average Bonchev–Trinajstić information content (AvgIpc) is 3.05. The fourth-order valence-corrected chi connectivity index (χ4v) is 6.73. The second kappa shape index (κ2) is 15.9. The largest absolute Gasteiger partial charge is 0.354 e. The summed E-state index contributed by atoms with van der Waals surface area (Å²) in [6, 6.07) is 30.9. The van der Waals surface area contributed by atoms with Crippen molar-refractivity contribution in [2.45, 2.75) is 57.5 Å². The van der Waals surface area contributed by atoms with Gasteiger partial charge < -0.3 is 10.2 Å². The van der Waals surface area contributed by atoms with Gasteiger partial charge in [-0.3, -0.25) is 13.9 Å². The van der Waals surface area contributed by atoms with Crippen LogP contribution in [0.5, 0.6) is 0 Å². The van der Waals surface area contributed by atoms with Crippen LogP contribution in [0, 0.1) is 5.92 Å². The van der Waals surface area contributed by atoms with E-state index in [0.29, 0.717) is 22.8 Å². The van der Waals surface area contributed by atoms with E-state index in [1.54, 1.807) is 48.5 Å². The highest BCUT2D eigenvalue weighted by Gasteiger charge is 2.34. The van der Waals surface area contributed by atoms with E-state index in [1.165, 1.54) is 17.0 Å². The first-order valence-electron chi connectivity index (χ1n) is 15.5. The maximum absolute atomic E-state index is 14.6. The molecule has 4 rings (SSSR count). The lowest BCUT2D eigenvalue weighted by atomic mass is 10.0. The molecule has 2 amide bonds. The predicted molar refractivity (Wildman–Crippen MR) is 185 cm³/mol. The van der Waals surface area contributed by atoms with E-state index in [0.717, 1.165) is 15.4 Å². The molecule has 0 saturated carbocycles. The minimum Gasteiger partial charge on any atom is -0.354 e. The predicted octanol–water partition coefficient (Wildman–Crippen LogP) is 7.07. The van der Waals surface area contributed by atoms with Gasteiger partial charge in [0.15, 0.2) is 0 Å². The summed E-state index contributed by atoms with van der Waals surface area (Å²) in [7, 11) is -4.16. The molecule has 4 aromatic carbocycles. The van der Waals surface area contributed by atoms with Gasteiger partial charge in [0.05, 0.1) is 10.6 Å². The summed E-state index contributed by atoms with van der Waals surface area (Å²) < 4.78 is 29.4. The van der Waals surface area contributed by atoms with Gasteiger partial charge in [-0.1, -0.05) is 112 Å². The summed E-state index contributed by atoms with van der Waals surface area (Å²) in [5.74, 6) is -0.399. The number of nitrogens with zero attached hydrogens (tertiary/aromatic N) is 2. The summed E-state index contributed by atoms with van der Waals surface area (Å²) in [6.07, 6.45) is 0.242. The lowest BCUT2D eigenvalue weighted by molar-refractivity contribution is -0.140. The van der Waals surface area contributed by atoms with Crippen molar-refractivity contribution in [3.8, 4) is 0 Å². The number of anilines is 1. The van der Waals surface area contributed by atoms with Crippen LogP contribution in [-0.4, -0.2) is 44.3 Å². The van der Waals surface area contributed by atoms with E-state index >= 15 is 0 Å². The Morgan fingerprint density at radius 2 is 1.39 bits per heavy atom. The van der Waals surface area contributed by atoms with Gasteiger partial charge in [0.1, 0.15) is 12.6 Å². The molecule has 0 aliphatic rings. The Labute approximate surface area is 278 Å². The number of hydrogen-bond donors (Lipinski definition) is 1. The third-order valence-corrected chi connectivity index (χ3v) is 9.68. The fourth-order valence-electron chi connectivity index (χ4n) is 5.08. The Bertz CT molecular complexity index is 1700. The maximum Gasteiger partial charge on any atom is 0.264 e. The Hall–Kier alpha value is -4.14. The third kappa shape index (κ3) is 9.21. The highest BCUT2D eigenvalue weighted by molar-refractivity contribution is 7.92. The van der Waals surface area contributed by atoms with Crippen LogP contribution in [0.2, 0.25) is 5.02 Å². The van der Waals surface area contributed by atoms with Crippen LogP contribution in [-0.2, 0) is 32.6 Å². The molecular formula is C37H42ClN3O4S. The maximum atomic E-state index is 14.6. The molecule has 1 N–H and O–H groups in total. The highest BCUT2D eigenvalue weighted by Crippen LogP contribution is 2.27. The lowest BCUT2D eigenvalue weighted by Gasteiger charge is -2.34. The molecule has 46 heavy (non-hydrogen) atoms. The van der Waals surface area contributed by atoms with Gasteiger partial charge in [-0.05, 0) is 64.9 Å². The van der Waals surface area contributed by atoms with Gasteiger partial charge in [-0.25, -0.2) is 8.42 Å². The van der Waals surface area contributed by atoms with Gasteiger partial charge in [-0.15, -0.1) is 0 Å². The van der Waals surface area contributed by atoms with Gasteiger partial charge in [0.2, 0.25) is 11.8 Å². The molecule has 0 fully saturated rings. The topological polar surface area (TPSA) is 86.8 Å². The molecule has 242 valence electrons. The average molecular weight is 660 g/mol. The molecule has 0 spiro atoms. The normalized spacial score (nSPS) is 12.2. The standard InChI is InChI=1S/C37H42ClN3O4S/c1-27(2)24-39-37(43)35(23-29-12-7-5-8-13-29)40(25-30-14-11-15-32(38)22-30)36(42)26-41(33-20-18-31(19-21-33)28(3)4)46(44,45)34-16-9-6-10-17-34/h5-22,27-28,35H,23-26H2,1-4H3,(H,39,43). The van der Waals surface area contributed by atoms with E-state index in [2.05, 4.69) is 19.2 Å². The molecule has 7 nitrogen and oxygen atoms in total. The van der Waals surface area contributed by atoms with Crippen molar-refractivity contribution >= 4 is 39.1 Å². The number of carbonyl (C=O) groups is 2. The Morgan fingerprint density at radius 3 is 1.98 bits per heavy atom. The van der Waals surface area contributed by atoms with Crippen molar-refractivity contribution in [3.05, 3.63) is 131 Å². The monoisotopic (exact) mass is 659 g/mol. The number of benzene rings is 4. The second-order valence-corrected chi connectivity index (χ2v) is 14.4. The summed E-state index contributed by atoms with van der Waals surface area (Å²) >= 11 is 6.32. The van der Waals surface area contributed by atoms with E-state index in [-0.39, 0.29) is 35.6 Å². The first-order chi connectivity index (χ1) is 22.0. The van der Waals surface area contributed by atoms with Crippen molar-refractivity contribution < 1.29 is 18.0 Å². The van der Waals surface area contributed by atoms with Crippen LogP contribution in [0.1, 0.15) is 50.3 Å². The Balaban J connectivity index is 1.80. The third-order valence-electron chi connectivity index (χ3n) is 7.66. The highest BCUT2D eigenvalue weighted by atomic mass is 35.5. The number of sulfonamides is 1. The zero-order chi connectivity index (χ0) is 33.3. The van der Waals surface area contributed by atoms with Crippen LogP contribution < -0.4 is 9.62 Å². The SMILES string of the molecule is CC(C)CNC(=O)C(Cc1ccccc1)N(Cc1cccc(Cl)c1)C(=O)CN(c1ccc(C(C)C)cc1)S(=O)(=O)c1ccccc1. The molecule has 4 aromatic rings. The summed E-state index contributed by atoms with van der Waals surface area (Å²) in [5.41, 5.74) is 2.98. The van der Waals surface area contributed by atoms with Crippen LogP contribution in [0.4, 0.5) is 5.69 Å². The van der Waals surface area contributed by atoms with Gasteiger partial charge in [0, 0.05) is 24.5 Å². The lowest BCUT2D eigenvalue weighted by Crippen LogP contribution is -2.53. The molecule has 0 aromatic heterocycles. The first kappa shape index (κ1) is 34.7. The number of rotatable bonds is 14. The Kier molecular flexibility index (Phi) is 12.0. The first-order valence-corrected chi connectivity index (χ1v) is 17.3. The van der Waals surface area contributed by atoms with E-state index in [9.17, 15) is 18.0 Å². The number of halogens is 1. The van der Waals surface area contributed by atoms with E-state index in [1.807, 2.05) is 62.4 Å². The Morgan fingerprint density at radius 1 is 0.783 bits per heavy atom. The zero-order valence-corrected chi connectivity index (χ0v) is 28.3. The van der Waals surface area contributed by atoms with Gasteiger partial charge in [0.25, 0.3) is 10.0 Å². The van der Waals surface area contributed by atoms with E-state index in [4.69, 9.17) is 11.6 Å². The number of nitrogens with one attached hydrogen (secondary N) is 1. The summed E-state index contributed by atoms with van der Waals surface area (Å²) in [4.78, 5) is 30.0. The molecule has 0 aliphatic carbocycles. The zero-order valence-electron chi connectivity index (χ0n) is 26.8. The molecule has 9 heteroatoms. The van der Waals surface area contributed by atoms with Gasteiger partial charge in [-0.2, -0.15) is 0 Å². The molecule has 0 heterocycles. The van der Waals surface area contributed by atoms with Crippen molar-refractivity contribution in [3.63, 3.8) is 0 Å². The van der Waals surface area contributed by atoms with Crippen molar-refractivity contribution in [1.82, 2.24) is 10.2 Å². The molecular weight excluding hydrogens is 618 g/mol. The van der Waals surface area contributed by atoms with Crippen LogP contribution >= 0.6 is 11.6 Å². The molecule has 1 atom stereocenters. The van der Waals surface area contributed by atoms with Gasteiger partial charge >= 0.3 is 0 Å². The molecule has 0 radical (unpaired) electrons. The number of amides is 2. The molecule has 1 unspecified atom stereocenters. The van der Waals surface area contributed by atoms with Crippen LogP contribution in [0.15, 0.2) is 114 Å². The summed E-state index contributed by atoms with van der Waals surface area (Å²) in [6.45, 7) is 8.08. The smallest absolute Gasteiger partial charge is 0.264 e. The van der Waals surface area contributed by atoms with Crippen molar-refractivity contribution in [2.24, 2.45) is 5.92 Å². The second-order valence-electron chi connectivity index (χ2n) is 12.1. The number of carbonyl (C=O) groups excluding carboxylic acids is 2. The summed E-state index contributed by atoms with van der Waals surface area (Å²) in [5, 5.41) is 3.49. The van der Waals surface area contributed by atoms with E-state index < -0.39 is 28.5 Å². The van der Waals surface area contributed by atoms with Crippen molar-refractivity contribution in [1.29, 1.82) is 0 Å². The molecule has 0 aliphatic heterocycles. The van der Waals surface area contributed by atoms with Crippen LogP contribution in [0.3, 0.4) is 0 Å². The molecule has 0 bridgehead atoms. The van der Waals surface area contributed by atoms with Crippen LogP contribution in [0.25, 0.3) is 0 Å². The quantitative estimate of drug-likeness (QED) is 0.157. The molecule has 0 saturated heterocycles.